The number of hydrogen-bond acceptors (Lipinski definition) is 13. The monoisotopic (exact) mass is 609 g/mol. The lowest BCUT2D eigenvalue weighted by atomic mass is 9.92. The number of nitrogens with zero attached hydrogens (tertiary/aromatic N) is 4. The molecule has 0 radical (unpaired) electrons. The fourth-order valence-electron chi connectivity index (χ4n) is 3.52. The Morgan fingerprint density at radius 2 is 1.76 bits per heavy atom. The van der Waals surface area contributed by atoms with E-state index >= 15 is 0 Å². The van der Waals surface area contributed by atoms with Gasteiger partial charge in [0.1, 0.15) is 24.0 Å². The van der Waals surface area contributed by atoms with Gasteiger partial charge in [0.15, 0.2) is 24.6 Å². The summed E-state index contributed by atoms with van der Waals surface area (Å²) in [5.41, 5.74) is 4.36. The number of carbonyl (C=O) groups is 3. The van der Waals surface area contributed by atoms with Crippen LogP contribution in [-0.2, 0) is 42.4 Å². The number of hydrogen-bond donors (Lipinski definition) is 2. The first-order chi connectivity index (χ1) is 19.8. The summed E-state index contributed by atoms with van der Waals surface area (Å²) in [4.78, 5) is 41.9. The third-order valence-electron chi connectivity index (χ3n) is 6.02. The zero-order valence-corrected chi connectivity index (χ0v) is 25.6. The second-order valence-electron chi connectivity index (χ2n) is 9.98. The maximum atomic E-state index is 12.9. The maximum Gasteiger partial charge on any atom is 0.613 e. The molecule has 2 aromatic heterocycles. The Labute approximate surface area is 244 Å². The van der Waals surface area contributed by atoms with Crippen LogP contribution in [0.3, 0.4) is 0 Å². The van der Waals surface area contributed by atoms with Gasteiger partial charge < -0.3 is 24.7 Å². The number of anilines is 1. The van der Waals surface area contributed by atoms with E-state index in [9.17, 15) is 24.2 Å². The molecular formula is C26H38N6O9P+. The summed E-state index contributed by atoms with van der Waals surface area (Å²) in [7, 11) is -1.59. The van der Waals surface area contributed by atoms with Gasteiger partial charge in [0.05, 0.1) is 24.1 Å². The molecule has 15 nitrogen and oxygen atoms in total. The fourth-order valence-corrected chi connectivity index (χ4v) is 4.32. The molecule has 0 saturated carbocycles. The highest BCUT2D eigenvalue weighted by Gasteiger charge is 2.53. The molecule has 2 rings (SSSR count). The zero-order valence-electron chi connectivity index (χ0n) is 24.7. The Balaban J connectivity index is 2.57. The van der Waals surface area contributed by atoms with E-state index in [1.54, 1.807) is 33.8 Å². The second kappa shape index (κ2) is 15.5. The van der Waals surface area contributed by atoms with Crippen LogP contribution < -0.4 is 10.8 Å². The highest BCUT2D eigenvalue weighted by Crippen LogP contribution is 2.37. The summed E-state index contributed by atoms with van der Waals surface area (Å²) in [6.07, 6.45) is -1.35. The summed E-state index contributed by atoms with van der Waals surface area (Å²) < 4.78 is 41.7. The lowest BCUT2D eigenvalue weighted by molar-refractivity contribution is -0.197. The minimum Gasteiger partial charge on any atom is -0.464 e. The minimum atomic E-state index is -2.75. The summed E-state index contributed by atoms with van der Waals surface area (Å²) in [6, 6.07) is 4.04. The number of ether oxygens (including phenoxy) is 4. The SMILES string of the molecule is CCCOC(=O)[C@H](C)N[P+](=O)OC[C@@](C#N)(OC)[C@@H](OC(=O)C(C)C)[C@@H](OC(=O)C(C)C)c1ccc2c(N)ncnn12. The average molecular weight is 610 g/mol. The van der Waals surface area contributed by atoms with Crippen LogP contribution in [0.25, 0.3) is 5.52 Å². The van der Waals surface area contributed by atoms with Crippen LogP contribution in [0.15, 0.2) is 18.5 Å². The van der Waals surface area contributed by atoms with Crippen LogP contribution >= 0.6 is 8.18 Å². The summed E-state index contributed by atoms with van der Waals surface area (Å²) >= 11 is 0. The Morgan fingerprint density at radius 3 is 2.33 bits per heavy atom. The minimum absolute atomic E-state index is 0.122. The fraction of sp³-hybridized carbons (Fsp3) is 0.615. The van der Waals surface area contributed by atoms with Crippen molar-refractivity contribution in [2.24, 2.45) is 11.8 Å². The molecule has 16 heteroatoms. The van der Waals surface area contributed by atoms with Gasteiger partial charge in [-0.15, -0.1) is 4.52 Å². The second-order valence-corrected chi connectivity index (χ2v) is 11.0. The Kier molecular flexibility index (Phi) is 12.7. The molecule has 1 unspecified atom stereocenters. The van der Waals surface area contributed by atoms with Crippen LogP contribution in [0.4, 0.5) is 5.82 Å². The van der Waals surface area contributed by atoms with E-state index in [1.165, 1.54) is 23.8 Å². The van der Waals surface area contributed by atoms with Crippen molar-refractivity contribution in [1.82, 2.24) is 19.7 Å². The molecule has 0 amide bonds. The summed E-state index contributed by atoms with van der Waals surface area (Å²) in [6.45, 7) is 9.07. The third kappa shape index (κ3) is 8.42. The van der Waals surface area contributed by atoms with Crippen LogP contribution in [0.2, 0.25) is 0 Å². The Morgan fingerprint density at radius 1 is 1.12 bits per heavy atom. The number of aromatic nitrogens is 3. The van der Waals surface area contributed by atoms with Gasteiger partial charge in [-0.05, 0) is 30.0 Å². The molecule has 0 saturated heterocycles. The molecule has 0 aliphatic heterocycles. The highest BCUT2D eigenvalue weighted by molar-refractivity contribution is 7.36. The van der Waals surface area contributed by atoms with Crippen molar-refractivity contribution in [3.05, 3.63) is 24.2 Å². The van der Waals surface area contributed by atoms with Crippen LogP contribution in [0, 0.1) is 23.2 Å². The molecule has 3 N–H and O–H groups in total. The van der Waals surface area contributed by atoms with Crippen LogP contribution in [-0.4, -0.2) is 70.6 Å². The molecule has 0 aliphatic rings. The van der Waals surface area contributed by atoms with Gasteiger partial charge in [-0.1, -0.05) is 39.7 Å². The Hall–Kier alpha value is -3.70. The molecular weight excluding hydrogens is 571 g/mol. The van der Waals surface area contributed by atoms with Gasteiger partial charge >= 0.3 is 26.1 Å². The van der Waals surface area contributed by atoms with E-state index < -0.39 is 68.4 Å². The molecule has 2 aromatic rings. The first-order valence-electron chi connectivity index (χ1n) is 13.3. The predicted octanol–water partition coefficient (Wildman–Crippen LogP) is 2.63. The predicted molar refractivity (Wildman–Crippen MR) is 149 cm³/mol. The quantitative estimate of drug-likeness (QED) is 0.159. The molecule has 0 fully saturated rings. The number of fused-ring (bicyclic) bond motifs is 1. The van der Waals surface area contributed by atoms with E-state index in [0.29, 0.717) is 11.9 Å². The van der Waals surface area contributed by atoms with Crippen molar-refractivity contribution in [1.29, 1.82) is 5.26 Å². The average Bonchev–Trinajstić information content (AvgIpc) is 3.39. The molecule has 0 spiro atoms. The van der Waals surface area contributed by atoms with Gasteiger partial charge in [0.2, 0.25) is 5.60 Å². The number of methoxy groups -OCH3 is 1. The van der Waals surface area contributed by atoms with E-state index in [1.807, 2.05) is 13.0 Å². The van der Waals surface area contributed by atoms with Crippen molar-refractivity contribution in [3.63, 3.8) is 0 Å². The molecule has 0 bridgehead atoms. The standard InChI is InChI=1S/C26H38N6O9P/c1-8-11-38-25(35)17(6)31-42(36)39-13-26(12-27,37-7)21(41-24(34)16(4)5)20(40-23(33)15(2)3)18-9-10-19-22(28)29-14-30-32(18)19/h9-10,14-17,20-21H,8,11,13H2,1-7H3,(H,31,36)(H2,28,29,30)/q+1/t17-,20-,21-,26+/m0/s1. The maximum absolute atomic E-state index is 12.9. The number of carbonyl (C=O) groups excluding carboxylic acids is 3. The molecule has 42 heavy (non-hydrogen) atoms. The highest BCUT2D eigenvalue weighted by atomic mass is 31.1. The lowest BCUT2D eigenvalue weighted by Crippen LogP contribution is -2.53. The first-order valence-corrected chi connectivity index (χ1v) is 14.5. The summed E-state index contributed by atoms with van der Waals surface area (Å²) in [5, 5.41) is 17.0. The Bertz CT molecular complexity index is 1310. The number of nitrogen functional groups attached to an aromatic ring is 1. The number of nitrogens with two attached hydrogens (primary N) is 1. The van der Waals surface area contributed by atoms with Gasteiger partial charge in [0.25, 0.3) is 0 Å². The van der Waals surface area contributed by atoms with Gasteiger partial charge in [-0.2, -0.15) is 10.4 Å². The third-order valence-corrected chi connectivity index (χ3v) is 6.98. The van der Waals surface area contributed by atoms with E-state index in [-0.39, 0.29) is 18.1 Å². The molecule has 230 valence electrons. The van der Waals surface area contributed by atoms with Crippen molar-refractivity contribution < 1.29 is 42.4 Å². The number of nitrogens with one attached hydrogen (secondary N) is 1. The smallest absolute Gasteiger partial charge is 0.464 e. The lowest BCUT2D eigenvalue weighted by Gasteiger charge is -2.36. The van der Waals surface area contributed by atoms with E-state index in [2.05, 4.69) is 15.2 Å². The molecule has 0 aromatic carbocycles. The van der Waals surface area contributed by atoms with E-state index in [4.69, 9.17) is 29.2 Å². The molecule has 2 heterocycles. The number of esters is 3. The van der Waals surface area contributed by atoms with Crippen molar-refractivity contribution in [2.45, 2.75) is 71.8 Å². The number of nitriles is 1. The van der Waals surface area contributed by atoms with Crippen LogP contribution in [0.1, 0.15) is 59.8 Å². The van der Waals surface area contributed by atoms with Crippen molar-refractivity contribution >= 4 is 37.4 Å². The molecule has 5 atom stereocenters. The van der Waals surface area contributed by atoms with Gasteiger partial charge in [0, 0.05) is 7.11 Å². The largest absolute Gasteiger partial charge is 0.613 e. The first kappa shape index (κ1) is 34.5. The van der Waals surface area contributed by atoms with Crippen molar-refractivity contribution in [2.75, 3.05) is 26.1 Å². The topological polar surface area (TPSA) is 206 Å². The number of rotatable bonds is 16. The van der Waals surface area contributed by atoms with Crippen LogP contribution in [0.5, 0.6) is 0 Å². The zero-order chi connectivity index (χ0) is 31.6. The van der Waals surface area contributed by atoms with Gasteiger partial charge in [-0.25, -0.2) is 9.50 Å². The molecule has 0 aliphatic carbocycles. The normalized spacial score (nSPS) is 15.4. The summed E-state index contributed by atoms with van der Waals surface area (Å²) in [5.74, 6) is -3.21. The van der Waals surface area contributed by atoms with E-state index in [0.717, 1.165) is 7.11 Å². The van der Waals surface area contributed by atoms with Gasteiger partial charge in [-0.3, -0.25) is 14.4 Å². The van der Waals surface area contributed by atoms with Crippen molar-refractivity contribution in [3.8, 4) is 6.07 Å².